The Balaban J connectivity index is 2.80. The summed E-state index contributed by atoms with van der Waals surface area (Å²) < 4.78 is 10.9. The summed E-state index contributed by atoms with van der Waals surface area (Å²) in [5.41, 5.74) is 2.68. The van der Waals surface area contributed by atoms with Gasteiger partial charge >= 0.3 is 0 Å². The Morgan fingerprint density at radius 2 is 1.88 bits per heavy atom. The maximum Gasteiger partial charge on any atom is 0.150 e. The van der Waals surface area contributed by atoms with Crippen molar-refractivity contribution in [3.63, 3.8) is 0 Å². The molecule has 1 atom stereocenters. The summed E-state index contributed by atoms with van der Waals surface area (Å²) >= 11 is 0. The fourth-order valence-electron chi connectivity index (χ4n) is 1.78. The van der Waals surface area contributed by atoms with E-state index < -0.39 is 0 Å². The minimum Gasteiger partial charge on any atom is -0.490 e. The predicted octanol–water partition coefficient (Wildman–Crippen LogP) is 2.92. The molecule has 1 unspecified atom stereocenters. The highest BCUT2D eigenvalue weighted by atomic mass is 16.5. The zero-order valence-corrected chi connectivity index (χ0v) is 10.9. The zero-order valence-electron chi connectivity index (χ0n) is 10.9. The van der Waals surface area contributed by atoms with Gasteiger partial charge in [0, 0.05) is 25.7 Å². The van der Waals surface area contributed by atoms with Crippen molar-refractivity contribution in [3.05, 3.63) is 28.8 Å². The molecular weight excluding hydrogens is 216 g/mol. The van der Waals surface area contributed by atoms with Gasteiger partial charge in [-0.25, -0.2) is 0 Å². The van der Waals surface area contributed by atoms with E-state index >= 15 is 0 Å². The summed E-state index contributed by atoms with van der Waals surface area (Å²) in [7, 11) is 1.68. The number of ether oxygens (including phenoxy) is 2. The second-order valence-corrected chi connectivity index (χ2v) is 4.31. The number of aldehydes is 1. The molecule has 0 aliphatic heterocycles. The second-order valence-electron chi connectivity index (χ2n) is 4.31. The van der Waals surface area contributed by atoms with Crippen molar-refractivity contribution in [1.29, 1.82) is 0 Å². The van der Waals surface area contributed by atoms with Crippen LogP contribution in [0.15, 0.2) is 12.1 Å². The van der Waals surface area contributed by atoms with Crippen LogP contribution in [0.2, 0.25) is 0 Å². The van der Waals surface area contributed by atoms with E-state index in [0.717, 1.165) is 29.6 Å². The quantitative estimate of drug-likeness (QED) is 0.712. The van der Waals surface area contributed by atoms with Gasteiger partial charge in [-0.05, 0) is 44.0 Å². The lowest BCUT2D eigenvalue weighted by Gasteiger charge is -2.18. The highest BCUT2D eigenvalue weighted by Crippen LogP contribution is 2.25. The SMILES string of the molecule is COCCC(C)Oc1c(C)cc(C=O)cc1C. The standard InChI is InChI=1S/C14H20O3/c1-10-7-13(9-15)8-11(2)14(10)17-12(3)5-6-16-4/h7-9,12H,5-6H2,1-4H3. The van der Waals surface area contributed by atoms with Gasteiger partial charge in [-0.1, -0.05) is 0 Å². The molecule has 0 aromatic heterocycles. The Bertz CT molecular complexity index is 362. The first-order chi connectivity index (χ1) is 8.08. The van der Waals surface area contributed by atoms with E-state index in [9.17, 15) is 4.79 Å². The van der Waals surface area contributed by atoms with Crippen LogP contribution in [-0.2, 0) is 4.74 Å². The van der Waals surface area contributed by atoms with Gasteiger partial charge in [0.15, 0.2) is 0 Å². The molecule has 0 aliphatic carbocycles. The van der Waals surface area contributed by atoms with Crippen molar-refractivity contribution in [2.45, 2.75) is 33.3 Å². The van der Waals surface area contributed by atoms with Crippen LogP contribution in [0, 0.1) is 13.8 Å². The third kappa shape index (κ3) is 3.86. The normalized spacial score (nSPS) is 12.2. The maximum absolute atomic E-state index is 10.7. The molecule has 0 amide bonds. The first-order valence-electron chi connectivity index (χ1n) is 5.80. The zero-order chi connectivity index (χ0) is 12.8. The van der Waals surface area contributed by atoms with Gasteiger partial charge in [0.25, 0.3) is 0 Å². The van der Waals surface area contributed by atoms with Crippen LogP contribution >= 0.6 is 0 Å². The second kappa shape index (κ2) is 6.40. The number of hydrogen-bond donors (Lipinski definition) is 0. The smallest absolute Gasteiger partial charge is 0.150 e. The van der Waals surface area contributed by atoms with Crippen molar-refractivity contribution in [1.82, 2.24) is 0 Å². The van der Waals surface area contributed by atoms with Crippen LogP contribution in [-0.4, -0.2) is 26.1 Å². The number of carbonyl (C=O) groups excluding carboxylic acids is 1. The lowest BCUT2D eigenvalue weighted by Crippen LogP contribution is -2.15. The Morgan fingerprint density at radius 1 is 1.29 bits per heavy atom. The third-order valence-electron chi connectivity index (χ3n) is 2.67. The Labute approximate surface area is 103 Å². The number of rotatable bonds is 6. The fraction of sp³-hybridized carbons (Fsp3) is 0.500. The molecule has 1 rings (SSSR count). The average Bonchev–Trinajstić information content (AvgIpc) is 2.30. The van der Waals surface area contributed by atoms with Crippen molar-refractivity contribution < 1.29 is 14.3 Å². The minimum atomic E-state index is 0.106. The molecule has 0 radical (unpaired) electrons. The molecule has 3 heteroatoms. The van der Waals surface area contributed by atoms with Crippen molar-refractivity contribution in [2.24, 2.45) is 0 Å². The van der Waals surface area contributed by atoms with Crippen LogP contribution in [0.4, 0.5) is 0 Å². The number of methoxy groups -OCH3 is 1. The van der Waals surface area contributed by atoms with Crippen LogP contribution in [0.25, 0.3) is 0 Å². The van der Waals surface area contributed by atoms with E-state index in [2.05, 4.69) is 0 Å². The Hall–Kier alpha value is -1.35. The maximum atomic E-state index is 10.7. The fourth-order valence-corrected chi connectivity index (χ4v) is 1.78. The van der Waals surface area contributed by atoms with Crippen LogP contribution in [0.1, 0.15) is 34.8 Å². The number of aryl methyl sites for hydroxylation is 2. The molecule has 0 bridgehead atoms. The highest BCUT2D eigenvalue weighted by Gasteiger charge is 2.10. The van der Waals surface area contributed by atoms with E-state index in [4.69, 9.17) is 9.47 Å². The summed E-state index contributed by atoms with van der Waals surface area (Å²) in [6, 6.07) is 3.69. The minimum absolute atomic E-state index is 0.106. The van der Waals surface area contributed by atoms with E-state index in [1.54, 1.807) is 7.11 Å². The summed E-state index contributed by atoms with van der Waals surface area (Å²) in [6.45, 7) is 6.62. The molecule has 3 nitrogen and oxygen atoms in total. The van der Waals surface area contributed by atoms with Gasteiger partial charge in [0.2, 0.25) is 0 Å². The molecule has 94 valence electrons. The topological polar surface area (TPSA) is 35.5 Å². The molecule has 0 spiro atoms. The monoisotopic (exact) mass is 236 g/mol. The van der Waals surface area contributed by atoms with Gasteiger partial charge in [-0.15, -0.1) is 0 Å². The molecule has 0 heterocycles. The van der Waals surface area contributed by atoms with Crippen molar-refractivity contribution in [3.8, 4) is 5.75 Å². The van der Waals surface area contributed by atoms with Crippen LogP contribution in [0.3, 0.4) is 0 Å². The third-order valence-corrected chi connectivity index (χ3v) is 2.67. The van der Waals surface area contributed by atoms with E-state index in [0.29, 0.717) is 12.2 Å². The molecule has 0 N–H and O–H groups in total. The lowest BCUT2D eigenvalue weighted by atomic mass is 10.1. The lowest BCUT2D eigenvalue weighted by molar-refractivity contribution is 0.112. The molecule has 1 aromatic carbocycles. The molecular formula is C14H20O3. The van der Waals surface area contributed by atoms with Gasteiger partial charge in [-0.2, -0.15) is 0 Å². The van der Waals surface area contributed by atoms with Crippen LogP contribution in [0.5, 0.6) is 5.75 Å². The molecule has 0 saturated carbocycles. The summed E-state index contributed by atoms with van der Waals surface area (Å²) in [6.07, 6.45) is 1.82. The molecule has 17 heavy (non-hydrogen) atoms. The number of benzene rings is 1. The summed E-state index contributed by atoms with van der Waals surface area (Å²) in [5.74, 6) is 0.874. The van der Waals surface area contributed by atoms with Gasteiger partial charge in [0.1, 0.15) is 12.0 Å². The molecule has 0 saturated heterocycles. The Kier molecular flexibility index (Phi) is 5.16. The number of carbonyl (C=O) groups is 1. The first-order valence-corrected chi connectivity index (χ1v) is 5.80. The first kappa shape index (κ1) is 13.7. The summed E-state index contributed by atoms with van der Waals surface area (Å²) in [5, 5.41) is 0. The molecule has 0 fully saturated rings. The highest BCUT2D eigenvalue weighted by molar-refractivity contribution is 5.76. The molecule has 0 aliphatic rings. The Morgan fingerprint density at radius 3 is 2.35 bits per heavy atom. The average molecular weight is 236 g/mol. The van der Waals surface area contributed by atoms with E-state index in [1.165, 1.54) is 0 Å². The van der Waals surface area contributed by atoms with Crippen LogP contribution < -0.4 is 4.74 Å². The van der Waals surface area contributed by atoms with Gasteiger partial charge < -0.3 is 9.47 Å². The van der Waals surface area contributed by atoms with Gasteiger partial charge in [-0.3, -0.25) is 4.79 Å². The molecule has 1 aromatic rings. The van der Waals surface area contributed by atoms with Crippen molar-refractivity contribution >= 4 is 6.29 Å². The summed E-state index contributed by atoms with van der Waals surface area (Å²) in [4.78, 5) is 10.7. The van der Waals surface area contributed by atoms with Crippen molar-refractivity contribution in [2.75, 3.05) is 13.7 Å². The number of hydrogen-bond acceptors (Lipinski definition) is 3. The van der Waals surface area contributed by atoms with E-state index in [-0.39, 0.29) is 6.10 Å². The van der Waals surface area contributed by atoms with E-state index in [1.807, 2.05) is 32.9 Å². The van der Waals surface area contributed by atoms with Gasteiger partial charge in [0.05, 0.1) is 6.10 Å². The largest absolute Gasteiger partial charge is 0.490 e. The predicted molar refractivity (Wildman–Crippen MR) is 67.9 cm³/mol.